The molecule has 1 unspecified atom stereocenters. The number of hydrogen-bond acceptors (Lipinski definition) is 4. The van der Waals surface area contributed by atoms with E-state index in [1.165, 1.54) is 11.3 Å². The van der Waals surface area contributed by atoms with Crippen molar-refractivity contribution < 1.29 is 9.90 Å². The van der Waals surface area contributed by atoms with E-state index >= 15 is 0 Å². The predicted molar refractivity (Wildman–Crippen MR) is 56.6 cm³/mol. The molecule has 14 heavy (non-hydrogen) atoms. The van der Waals surface area contributed by atoms with E-state index < -0.39 is 0 Å². The molecule has 0 fully saturated rings. The fourth-order valence-corrected chi connectivity index (χ4v) is 2.05. The zero-order valence-corrected chi connectivity index (χ0v) is 9.52. The van der Waals surface area contributed by atoms with Crippen LogP contribution in [0.2, 0.25) is 0 Å². The summed E-state index contributed by atoms with van der Waals surface area (Å²) in [5, 5.41) is 9.50. The molecule has 78 valence electrons. The highest BCUT2D eigenvalue weighted by atomic mass is 32.1. The first-order chi connectivity index (χ1) is 6.60. The molecule has 1 heterocycles. The number of thiazole rings is 1. The van der Waals surface area contributed by atoms with Crippen molar-refractivity contribution in [1.29, 1.82) is 0 Å². The number of ketones is 1. The number of Topliss-reactive ketones (excluding diaryl/α,β-unsaturated/α-hetero) is 1. The normalized spacial score (nSPS) is 12.9. The lowest BCUT2D eigenvalue weighted by molar-refractivity contribution is 0.0926. The maximum Gasteiger partial charge on any atom is 0.194 e. The summed E-state index contributed by atoms with van der Waals surface area (Å²) in [6.45, 7) is 5.67. The van der Waals surface area contributed by atoms with Crippen molar-refractivity contribution in [3.63, 3.8) is 0 Å². The molecule has 4 heteroatoms. The van der Waals surface area contributed by atoms with Crippen LogP contribution < -0.4 is 0 Å². The number of rotatable bonds is 4. The molecule has 0 aliphatic heterocycles. The van der Waals surface area contributed by atoms with Gasteiger partial charge in [-0.1, -0.05) is 13.8 Å². The van der Waals surface area contributed by atoms with Gasteiger partial charge in [-0.3, -0.25) is 4.79 Å². The molecule has 1 atom stereocenters. The van der Waals surface area contributed by atoms with Crippen molar-refractivity contribution in [2.75, 3.05) is 0 Å². The Bertz CT molecular complexity index is 333. The standard InChI is InChI=1S/C10H15NO2S/c1-4-6(2)9(13)10-11-7(3)8(5-12)14-10/h6,12H,4-5H2,1-3H3. The SMILES string of the molecule is CCC(C)C(=O)c1nc(C)c(CO)s1. The van der Waals surface area contributed by atoms with Crippen molar-refractivity contribution in [3.8, 4) is 0 Å². The smallest absolute Gasteiger partial charge is 0.194 e. The molecule has 0 saturated carbocycles. The molecule has 0 aliphatic rings. The Morgan fingerprint density at radius 3 is 2.71 bits per heavy atom. The Labute approximate surface area is 87.8 Å². The highest BCUT2D eigenvalue weighted by molar-refractivity contribution is 7.13. The van der Waals surface area contributed by atoms with Gasteiger partial charge in [0.1, 0.15) is 0 Å². The van der Waals surface area contributed by atoms with Crippen LogP contribution in [0.15, 0.2) is 0 Å². The van der Waals surface area contributed by atoms with E-state index in [4.69, 9.17) is 5.11 Å². The molecular formula is C10H15NO2S. The summed E-state index contributed by atoms with van der Waals surface area (Å²) in [5.41, 5.74) is 0.768. The van der Waals surface area contributed by atoms with E-state index in [2.05, 4.69) is 4.98 Å². The van der Waals surface area contributed by atoms with Gasteiger partial charge in [-0.05, 0) is 13.3 Å². The van der Waals surface area contributed by atoms with Crippen molar-refractivity contribution in [2.45, 2.75) is 33.8 Å². The van der Waals surface area contributed by atoms with Crippen LogP contribution >= 0.6 is 11.3 Å². The second-order valence-electron chi connectivity index (χ2n) is 3.36. The summed E-state index contributed by atoms with van der Waals surface area (Å²) < 4.78 is 0. The van der Waals surface area contributed by atoms with E-state index in [1.54, 1.807) is 0 Å². The second-order valence-corrected chi connectivity index (χ2v) is 4.44. The highest BCUT2D eigenvalue weighted by Crippen LogP contribution is 2.21. The van der Waals surface area contributed by atoms with Gasteiger partial charge in [-0.2, -0.15) is 0 Å². The summed E-state index contributed by atoms with van der Waals surface area (Å²) in [7, 11) is 0. The Balaban J connectivity index is 2.91. The van der Waals surface area contributed by atoms with Gasteiger partial charge in [0.25, 0.3) is 0 Å². The number of aliphatic hydroxyl groups is 1. The average Bonchev–Trinajstić information content (AvgIpc) is 2.57. The maximum atomic E-state index is 11.7. The highest BCUT2D eigenvalue weighted by Gasteiger charge is 2.18. The monoisotopic (exact) mass is 213 g/mol. The Hall–Kier alpha value is -0.740. The number of aliphatic hydroxyl groups excluding tert-OH is 1. The van der Waals surface area contributed by atoms with Crippen LogP contribution in [0, 0.1) is 12.8 Å². The van der Waals surface area contributed by atoms with Crippen LogP contribution in [0.4, 0.5) is 0 Å². The van der Waals surface area contributed by atoms with Crippen molar-refractivity contribution in [3.05, 3.63) is 15.6 Å². The number of nitrogens with zero attached hydrogens (tertiary/aromatic N) is 1. The Kier molecular flexibility index (Phi) is 3.77. The van der Waals surface area contributed by atoms with Gasteiger partial charge >= 0.3 is 0 Å². The van der Waals surface area contributed by atoms with Crippen molar-refractivity contribution >= 4 is 17.1 Å². The van der Waals surface area contributed by atoms with Crippen LogP contribution in [0.1, 0.15) is 40.6 Å². The zero-order chi connectivity index (χ0) is 10.7. The molecule has 0 amide bonds. The quantitative estimate of drug-likeness (QED) is 0.780. The average molecular weight is 213 g/mol. The lowest BCUT2D eigenvalue weighted by Crippen LogP contribution is -2.09. The molecule has 0 aliphatic carbocycles. The number of hydrogen-bond donors (Lipinski definition) is 1. The van der Waals surface area contributed by atoms with Crippen molar-refractivity contribution in [1.82, 2.24) is 4.98 Å². The lowest BCUT2D eigenvalue weighted by Gasteiger charge is -2.02. The molecular weight excluding hydrogens is 198 g/mol. The van der Waals surface area contributed by atoms with Crippen LogP contribution in [0.25, 0.3) is 0 Å². The van der Waals surface area contributed by atoms with E-state index in [0.717, 1.165) is 17.0 Å². The van der Waals surface area contributed by atoms with E-state index in [1.807, 2.05) is 20.8 Å². The van der Waals surface area contributed by atoms with Crippen molar-refractivity contribution in [2.24, 2.45) is 5.92 Å². The fourth-order valence-electron chi connectivity index (χ4n) is 1.08. The maximum absolute atomic E-state index is 11.7. The lowest BCUT2D eigenvalue weighted by atomic mass is 10.0. The summed E-state index contributed by atoms with van der Waals surface area (Å²) in [6, 6.07) is 0. The minimum atomic E-state index is -0.0305. The van der Waals surface area contributed by atoms with Gasteiger partial charge in [0.2, 0.25) is 0 Å². The molecule has 0 radical (unpaired) electrons. The number of aromatic nitrogens is 1. The fraction of sp³-hybridized carbons (Fsp3) is 0.600. The van der Waals surface area contributed by atoms with Gasteiger partial charge in [0.15, 0.2) is 10.8 Å². The van der Waals surface area contributed by atoms with Crippen LogP contribution in [0.5, 0.6) is 0 Å². The topological polar surface area (TPSA) is 50.2 Å². The van der Waals surface area contributed by atoms with E-state index in [0.29, 0.717) is 5.01 Å². The molecule has 1 aromatic rings. The molecule has 1 rings (SSSR count). The van der Waals surface area contributed by atoms with E-state index in [-0.39, 0.29) is 18.3 Å². The Morgan fingerprint density at radius 1 is 1.64 bits per heavy atom. The van der Waals surface area contributed by atoms with Gasteiger partial charge in [0.05, 0.1) is 17.2 Å². The third-order valence-corrected chi connectivity index (χ3v) is 3.46. The molecule has 0 saturated heterocycles. The number of aryl methyl sites for hydroxylation is 1. The largest absolute Gasteiger partial charge is 0.391 e. The van der Waals surface area contributed by atoms with Gasteiger partial charge in [0, 0.05) is 5.92 Å². The van der Waals surface area contributed by atoms with E-state index in [9.17, 15) is 4.79 Å². The minimum Gasteiger partial charge on any atom is -0.391 e. The molecule has 0 spiro atoms. The Morgan fingerprint density at radius 2 is 2.29 bits per heavy atom. The first-order valence-corrected chi connectivity index (χ1v) is 5.53. The van der Waals surface area contributed by atoms with Crippen LogP contribution in [-0.4, -0.2) is 15.9 Å². The second kappa shape index (κ2) is 4.66. The first-order valence-electron chi connectivity index (χ1n) is 4.71. The molecule has 0 aromatic carbocycles. The minimum absolute atomic E-state index is 0.0205. The van der Waals surface area contributed by atoms with Crippen LogP contribution in [0.3, 0.4) is 0 Å². The molecule has 1 N–H and O–H groups in total. The summed E-state index contributed by atoms with van der Waals surface area (Å²) in [5.74, 6) is 0.104. The summed E-state index contributed by atoms with van der Waals surface area (Å²) in [6.07, 6.45) is 0.825. The molecule has 0 bridgehead atoms. The third kappa shape index (κ3) is 2.19. The molecule has 1 aromatic heterocycles. The number of carbonyl (C=O) groups excluding carboxylic acids is 1. The summed E-state index contributed by atoms with van der Waals surface area (Å²) in [4.78, 5) is 16.7. The first kappa shape index (κ1) is 11.3. The predicted octanol–water partition coefficient (Wildman–Crippen LogP) is 2.17. The van der Waals surface area contributed by atoms with Gasteiger partial charge in [-0.25, -0.2) is 4.98 Å². The van der Waals surface area contributed by atoms with Crippen LogP contribution in [-0.2, 0) is 6.61 Å². The third-order valence-electron chi connectivity index (χ3n) is 2.31. The van der Waals surface area contributed by atoms with Gasteiger partial charge < -0.3 is 5.11 Å². The number of carbonyl (C=O) groups is 1. The van der Waals surface area contributed by atoms with Gasteiger partial charge in [-0.15, -0.1) is 11.3 Å². The molecule has 3 nitrogen and oxygen atoms in total. The summed E-state index contributed by atoms with van der Waals surface area (Å²) >= 11 is 1.30. The zero-order valence-electron chi connectivity index (χ0n) is 8.70.